The Kier molecular flexibility index (Phi) is 3.00. The highest BCUT2D eigenvalue weighted by molar-refractivity contribution is 7.92. The molecule has 0 atom stereocenters. The van der Waals surface area contributed by atoms with Crippen molar-refractivity contribution in [3.63, 3.8) is 0 Å². The van der Waals surface area contributed by atoms with Gasteiger partial charge in [-0.15, -0.1) is 0 Å². The number of hydrogen-bond donors (Lipinski definition) is 3. The summed E-state index contributed by atoms with van der Waals surface area (Å²) < 4.78 is 26.7. The zero-order valence-corrected chi connectivity index (χ0v) is 10.9. The smallest absolute Gasteiger partial charge is 0.264 e. The third-order valence-corrected chi connectivity index (χ3v) is 4.19. The molecule has 0 aliphatic carbocycles. The van der Waals surface area contributed by atoms with Gasteiger partial charge in [0.1, 0.15) is 0 Å². The minimum atomic E-state index is -3.68. The highest BCUT2D eigenvalue weighted by Gasteiger charge is 2.19. The lowest BCUT2D eigenvalue weighted by molar-refractivity contribution is 0.600. The van der Waals surface area contributed by atoms with Crippen molar-refractivity contribution < 1.29 is 8.42 Å². The number of imidazole rings is 1. The van der Waals surface area contributed by atoms with Crippen LogP contribution in [0.3, 0.4) is 0 Å². The van der Waals surface area contributed by atoms with Gasteiger partial charge in [-0.25, -0.2) is 18.1 Å². The Morgan fingerprint density at radius 1 is 1.33 bits per heavy atom. The number of nitrogens with zero attached hydrogens (tertiary/aromatic N) is 1. The van der Waals surface area contributed by atoms with Crippen molar-refractivity contribution in [1.29, 1.82) is 0 Å². The third kappa shape index (κ3) is 2.17. The first kappa shape index (κ1) is 12.4. The van der Waals surface area contributed by atoms with Gasteiger partial charge >= 0.3 is 0 Å². The number of aromatic nitrogens is 2. The molecule has 0 spiro atoms. The molecule has 6 nitrogen and oxygen atoms in total. The summed E-state index contributed by atoms with van der Waals surface area (Å²) >= 11 is 0. The number of nitrogens with two attached hydrogens (primary N) is 1. The van der Waals surface area contributed by atoms with E-state index in [1.807, 2.05) is 6.92 Å². The summed E-state index contributed by atoms with van der Waals surface area (Å²) in [7, 11) is -3.68. The first-order chi connectivity index (χ1) is 8.42. The van der Waals surface area contributed by atoms with Crippen molar-refractivity contribution in [3.8, 4) is 0 Å². The minimum absolute atomic E-state index is 0.155. The predicted molar refractivity (Wildman–Crippen MR) is 69.7 cm³/mol. The van der Waals surface area contributed by atoms with Gasteiger partial charge in [0.15, 0.2) is 0 Å². The fourth-order valence-corrected chi connectivity index (χ4v) is 2.87. The summed E-state index contributed by atoms with van der Waals surface area (Å²) in [6.07, 6.45) is 3.00. The van der Waals surface area contributed by atoms with Crippen molar-refractivity contribution >= 4 is 21.7 Å². The molecule has 0 saturated heterocycles. The normalized spacial score (nSPS) is 11.4. The average molecular weight is 266 g/mol. The number of benzene rings is 1. The van der Waals surface area contributed by atoms with Gasteiger partial charge in [0, 0.05) is 18.1 Å². The zero-order chi connectivity index (χ0) is 13.3. The van der Waals surface area contributed by atoms with Gasteiger partial charge in [-0.1, -0.05) is 6.07 Å². The fraction of sp³-hybridized carbons (Fsp3) is 0.182. The molecule has 1 aromatic carbocycles. The Bertz CT molecular complexity index is 663. The standard InChI is InChI=1S/C11H14N4O2S/c1-7-3-4-9(8(2)10(7)12)18(16,17)15-11-13-5-6-14-11/h3-6H,12H2,1-2H3,(H2,13,14,15). The fourth-order valence-electron chi connectivity index (χ4n) is 1.64. The monoisotopic (exact) mass is 266 g/mol. The Balaban J connectivity index is 2.45. The molecule has 0 amide bonds. The number of rotatable bonds is 3. The SMILES string of the molecule is Cc1ccc(S(=O)(=O)Nc2ncc[nH]2)c(C)c1N. The van der Waals surface area contributed by atoms with Gasteiger partial charge < -0.3 is 10.7 Å². The number of nitrogen functional groups attached to an aromatic ring is 1. The third-order valence-electron chi connectivity index (χ3n) is 2.70. The van der Waals surface area contributed by atoms with Crippen LogP contribution in [0.2, 0.25) is 0 Å². The summed E-state index contributed by atoms with van der Waals surface area (Å²) in [5.74, 6) is 0.175. The molecule has 1 aromatic heterocycles. The molecule has 0 saturated carbocycles. The van der Waals surface area contributed by atoms with E-state index in [1.54, 1.807) is 13.0 Å². The van der Waals surface area contributed by atoms with Crippen LogP contribution in [0.15, 0.2) is 29.4 Å². The van der Waals surface area contributed by atoms with Crippen molar-refractivity contribution in [2.75, 3.05) is 10.5 Å². The Labute approximate surface area is 105 Å². The summed E-state index contributed by atoms with van der Waals surface area (Å²) in [6, 6.07) is 3.21. The topological polar surface area (TPSA) is 101 Å². The number of aromatic amines is 1. The lowest BCUT2D eigenvalue weighted by Crippen LogP contribution is -2.16. The second-order valence-corrected chi connectivity index (χ2v) is 5.61. The van der Waals surface area contributed by atoms with Crippen LogP contribution in [0.25, 0.3) is 0 Å². The van der Waals surface area contributed by atoms with Crippen LogP contribution in [0.4, 0.5) is 11.6 Å². The van der Waals surface area contributed by atoms with Crippen LogP contribution < -0.4 is 10.5 Å². The Morgan fingerprint density at radius 2 is 2.06 bits per heavy atom. The molecule has 0 radical (unpaired) electrons. The number of sulfonamides is 1. The summed E-state index contributed by atoms with van der Waals surface area (Å²) in [5.41, 5.74) is 7.71. The maximum atomic E-state index is 12.2. The lowest BCUT2D eigenvalue weighted by atomic mass is 10.1. The van der Waals surface area contributed by atoms with Gasteiger partial charge in [-0.2, -0.15) is 0 Å². The first-order valence-electron chi connectivity index (χ1n) is 5.29. The van der Waals surface area contributed by atoms with E-state index in [0.29, 0.717) is 11.3 Å². The van der Waals surface area contributed by atoms with E-state index in [9.17, 15) is 8.42 Å². The molecule has 0 bridgehead atoms. The van der Waals surface area contributed by atoms with Crippen LogP contribution in [0, 0.1) is 13.8 Å². The Morgan fingerprint density at radius 3 is 2.67 bits per heavy atom. The van der Waals surface area contributed by atoms with Gasteiger partial charge in [-0.05, 0) is 31.0 Å². The van der Waals surface area contributed by atoms with E-state index in [2.05, 4.69) is 14.7 Å². The average Bonchev–Trinajstić information content (AvgIpc) is 2.77. The molecule has 7 heteroatoms. The second-order valence-electron chi connectivity index (χ2n) is 3.96. The van der Waals surface area contributed by atoms with E-state index in [-0.39, 0.29) is 10.8 Å². The summed E-state index contributed by atoms with van der Waals surface area (Å²) in [6.45, 7) is 3.51. The maximum absolute atomic E-state index is 12.2. The molecule has 0 aliphatic rings. The van der Waals surface area contributed by atoms with Gasteiger partial charge in [0.25, 0.3) is 10.0 Å². The highest BCUT2D eigenvalue weighted by atomic mass is 32.2. The quantitative estimate of drug-likeness (QED) is 0.731. The van der Waals surface area contributed by atoms with Crippen LogP contribution in [0.1, 0.15) is 11.1 Å². The molecule has 0 fully saturated rings. The molecule has 96 valence electrons. The minimum Gasteiger partial charge on any atom is -0.398 e. The molecule has 1 heterocycles. The van der Waals surface area contributed by atoms with E-state index >= 15 is 0 Å². The number of aryl methyl sites for hydroxylation is 1. The molecule has 4 N–H and O–H groups in total. The molecule has 2 rings (SSSR count). The lowest BCUT2D eigenvalue weighted by Gasteiger charge is -2.11. The van der Waals surface area contributed by atoms with E-state index in [1.165, 1.54) is 18.5 Å². The molecular weight excluding hydrogens is 252 g/mol. The second kappa shape index (κ2) is 4.34. The largest absolute Gasteiger partial charge is 0.398 e. The van der Waals surface area contributed by atoms with Gasteiger partial charge in [0.05, 0.1) is 4.90 Å². The number of H-pyrrole nitrogens is 1. The number of anilines is 2. The van der Waals surface area contributed by atoms with Crippen molar-refractivity contribution in [1.82, 2.24) is 9.97 Å². The highest BCUT2D eigenvalue weighted by Crippen LogP contribution is 2.25. The van der Waals surface area contributed by atoms with Crippen LogP contribution in [-0.4, -0.2) is 18.4 Å². The van der Waals surface area contributed by atoms with Gasteiger partial charge in [-0.3, -0.25) is 0 Å². The molecule has 0 aliphatic heterocycles. The van der Waals surface area contributed by atoms with E-state index in [4.69, 9.17) is 5.73 Å². The Hall–Kier alpha value is -2.02. The molecule has 0 unspecified atom stereocenters. The van der Waals surface area contributed by atoms with Crippen LogP contribution in [-0.2, 0) is 10.0 Å². The van der Waals surface area contributed by atoms with Gasteiger partial charge in [0.2, 0.25) is 5.95 Å². The summed E-state index contributed by atoms with van der Waals surface area (Å²) in [5, 5.41) is 0. The summed E-state index contributed by atoms with van der Waals surface area (Å²) in [4.78, 5) is 6.65. The molecule has 2 aromatic rings. The number of nitrogens with one attached hydrogen (secondary N) is 2. The van der Waals surface area contributed by atoms with Crippen molar-refractivity contribution in [2.24, 2.45) is 0 Å². The first-order valence-corrected chi connectivity index (χ1v) is 6.78. The van der Waals surface area contributed by atoms with Crippen molar-refractivity contribution in [3.05, 3.63) is 35.7 Å². The van der Waals surface area contributed by atoms with E-state index < -0.39 is 10.0 Å². The molecular formula is C11H14N4O2S. The zero-order valence-electron chi connectivity index (χ0n) is 10.1. The maximum Gasteiger partial charge on any atom is 0.264 e. The van der Waals surface area contributed by atoms with E-state index in [0.717, 1.165) is 5.56 Å². The number of hydrogen-bond acceptors (Lipinski definition) is 4. The van der Waals surface area contributed by atoms with Crippen LogP contribution >= 0.6 is 0 Å². The van der Waals surface area contributed by atoms with Crippen molar-refractivity contribution in [2.45, 2.75) is 18.7 Å². The predicted octanol–water partition coefficient (Wildman–Crippen LogP) is 1.41. The molecule has 18 heavy (non-hydrogen) atoms. The van der Waals surface area contributed by atoms with Crippen LogP contribution in [0.5, 0.6) is 0 Å².